The van der Waals surface area contributed by atoms with Gasteiger partial charge in [0.1, 0.15) is 11.8 Å². The minimum absolute atomic E-state index is 0.0358. The Kier molecular flexibility index (Phi) is 4.36. The monoisotopic (exact) mass is 372 g/mol. The first kappa shape index (κ1) is 17.0. The Balaban J connectivity index is 1.53. The fourth-order valence-corrected chi connectivity index (χ4v) is 4.14. The molecule has 0 aromatic carbocycles. The molecule has 1 atom stereocenters. The first-order valence-electron chi connectivity index (χ1n) is 8.64. The van der Waals surface area contributed by atoms with E-state index in [9.17, 15) is 4.79 Å². The summed E-state index contributed by atoms with van der Waals surface area (Å²) < 4.78 is 11.1. The van der Waals surface area contributed by atoms with Crippen LogP contribution < -0.4 is 0 Å². The minimum atomic E-state index is -0.162. The number of aromatic nitrogens is 3. The molecule has 1 unspecified atom stereocenters. The number of likely N-dealkylation sites (tertiary alicyclic amines) is 1. The zero-order valence-corrected chi connectivity index (χ0v) is 15.8. The molecule has 0 aliphatic carbocycles. The van der Waals surface area contributed by atoms with E-state index >= 15 is 0 Å². The Bertz CT molecular complexity index is 923. The van der Waals surface area contributed by atoms with E-state index in [-0.39, 0.29) is 18.4 Å². The van der Waals surface area contributed by atoms with Crippen molar-refractivity contribution >= 4 is 17.2 Å². The van der Waals surface area contributed by atoms with Gasteiger partial charge in [0, 0.05) is 17.0 Å². The Hall–Kier alpha value is -2.48. The van der Waals surface area contributed by atoms with Gasteiger partial charge in [-0.05, 0) is 45.7 Å². The molecule has 3 aromatic heterocycles. The van der Waals surface area contributed by atoms with Crippen LogP contribution in [-0.2, 0) is 11.2 Å². The van der Waals surface area contributed by atoms with Gasteiger partial charge in [0.25, 0.3) is 5.89 Å². The van der Waals surface area contributed by atoms with Crippen molar-refractivity contribution in [3.63, 3.8) is 0 Å². The van der Waals surface area contributed by atoms with E-state index in [2.05, 4.69) is 15.4 Å². The van der Waals surface area contributed by atoms with Crippen molar-refractivity contribution in [2.75, 3.05) is 6.54 Å². The fraction of sp³-hybridized carbons (Fsp3) is 0.444. The van der Waals surface area contributed by atoms with Crippen LogP contribution in [0.4, 0.5) is 0 Å². The summed E-state index contributed by atoms with van der Waals surface area (Å²) in [7, 11) is 0. The van der Waals surface area contributed by atoms with E-state index in [0.717, 1.165) is 29.0 Å². The normalized spacial score (nSPS) is 17.2. The highest BCUT2D eigenvalue weighted by Gasteiger charge is 2.34. The SMILES string of the molecule is Cc1ccc(-c2nnc(C3CCCN3C(=O)Cc3c(C)noc3C)o2)s1. The number of carbonyl (C=O) groups is 1. The molecule has 0 radical (unpaired) electrons. The zero-order valence-electron chi connectivity index (χ0n) is 15.0. The lowest BCUT2D eigenvalue weighted by Crippen LogP contribution is -2.32. The van der Waals surface area contributed by atoms with Gasteiger partial charge in [-0.25, -0.2) is 0 Å². The molecule has 1 amide bonds. The van der Waals surface area contributed by atoms with Gasteiger partial charge in [-0.15, -0.1) is 21.5 Å². The number of amides is 1. The highest BCUT2D eigenvalue weighted by Crippen LogP contribution is 2.34. The number of aryl methyl sites for hydroxylation is 3. The van der Waals surface area contributed by atoms with Crippen molar-refractivity contribution in [2.24, 2.45) is 0 Å². The molecule has 1 aliphatic heterocycles. The maximum Gasteiger partial charge on any atom is 0.257 e. The number of thiophene rings is 1. The predicted octanol–water partition coefficient (Wildman–Crippen LogP) is 3.62. The van der Waals surface area contributed by atoms with Crippen LogP contribution in [0.3, 0.4) is 0 Å². The van der Waals surface area contributed by atoms with Crippen LogP contribution in [0.5, 0.6) is 0 Å². The minimum Gasteiger partial charge on any atom is -0.418 e. The smallest absolute Gasteiger partial charge is 0.257 e. The largest absolute Gasteiger partial charge is 0.418 e. The van der Waals surface area contributed by atoms with E-state index in [1.54, 1.807) is 11.3 Å². The van der Waals surface area contributed by atoms with Crippen molar-refractivity contribution in [3.05, 3.63) is 39.9 Å². The Morgan fingerprint density at radius 2 is 2.15 bits per heavy atom. The molecule has 7 nitrogen and oxygen atoms in total. The molecule has 1 fully saturated rings. The van der Waals surface area contributed by atoms with E-state index in [0.29, 0.717) is 24.1 Å². The Labute approximate surface area is 155 Å². The summed E-state index contributed by atoms with van der Waals surface area (Å²) in [4.78, 5) is 16.8. The summed E-state index contributed by atoms with van der Waals surface area (Å²) in [6, 6.07) is 3.84. The van der Waals surface area contributed by atoms with Gasteiger partial charge in [0.15, 0.2) is 0 Å². The Morgan fingerprint density at radius 1 is 1.31 bits per heavy atom. The quantitative estimate of drug-likeness (QED) is 0.695. The maximum atomic E-state index is 12.8. The van der Waals surface area contributed by atoms with Crippen LogP contribution in [0.1, 0.15) is 46.7 Å². The molecule has 4 heterocycles. The van der Waals surface area contributed by atoms with Crippen LogP contribution in [-0.4, -0.2) is 32.7 Å². The first-order valence-corrected chi connectivity index (χ1v) is 9.46. The molecule has 0 bridgehead atoms. The van der Waals surface area contributed by atoms with Gasteiger partial charge in [0.2, 0.25) is 11.8 Å². The standard InChI is InChI=1S/C18H20N4O3S/c1-10-6-7-15(26-10)18-20-19-17(24-18)14-5-4-8-22(14)16(23)9-13-11(2)21-25-12(13)3/h6-7,14H,4-5,8-9H2,1-3H3. The first-order chi connectivity index (χ1) is 12.5. The average Bonchev–Trinajstić information content (AvgIpc) is 3.37. The maximum absolute atomic E-state index is 12.8. The number of hydrogen-bond acceptors (Lipinski definition) is 7. The highest BCUT2D eigenvalue weighted by atomic mass is 32.1. The van der Waals surface area contributed by atoms with Gasteiger partial charge in [-0.2, -0.15) is 0 Å². The van der Waals surface area contributed by atoms with Gasteiger partial charge >= 0.3 is 0 Å². The van der Waals surface area contributed by atoms with E-state index in [1.165, 1.54) is 4.88 Å². The summed E-state index contributed by atoms with van der Waals surface area (Å²) in [5.41, 5.74) is 1.63. The molecule has 0 spiro atoms. The average molecular weight is 372 g/mol. The van der Waals surface area contributed by atoms with E-state index in [4.69, 9.17) is 8.94 Å². The fourth-order valence-electron chi connectivity index (χ4n) is 3.35. The van der Waals surface area contributed by atoms with Crippen LogP contribution in [0.25, 0.3) is 10.8 Å². The van der Waals surface area contributed by atoms with Crippen LogP contribution in [0, 0.1) is 20.8 Å². The van der Waals surface area contributed by atoms with Gasteiger partial charge in [-0.3, -0.25) is 4.79 Å². The number of rotatable bonds is 4. The number of hydrogen-bond donors (Lipinski definition) is 0. The van der Waals surface area contributed by atoms with Crippen molar-refractivity contribution in [3.8, 4) is 10.8 Å². The topological polar surface area (TPSA) is 85.3 Å². The van der Waals surface area contributed by atoms with Crippen LogP contribution in [0.2, 0.25) is 0 Å². The number of nitrogens with zero attached hydrogens (tertiary/aromatic N) is 4. The highest BCUT2D eigenvalue weighted by molar-refractivity contribution is 7.15. The molecule has 0 N–H and O–H groups in total. The lowest BCUT2D eigenvalue weighted by molar-refractivity contribution is -0.131. The third-order valence-electron chi connectivity index (χ3n) is 4.76. The van der Waals surface area contributed by atoms with Gasteiger partial charge in [0.05, 0.1) is 17.0 Å². The third-order valence-corrected chi connectivity index (χ3v) is 5.75. The van der Waals surface area contributed by atoms with Crippen molar-refractivity contribution in [1.82, 2.24) is 20.3 Å². The zero-order chi connectivity index (χ0) is 18.3. The second-order valence-electron chi connectivity index (χ2n) is 6.58. The van der Waals surface area contributed by atoms with E-state index < -0.39 is 0 Å². The molecule has 136 valence electrons. The van der Waals surface area contributed by atoms with Crippen LogP contribution >= 0.6 is 11.3 Å². The molecule has 1 aliphatic rings. The second kappa shape index (κ2) is 6.68. The Morgan fingerprint density at radius 3 is 2.85 bits per heavy atom. The summed E-state index contributed by atoms with van der Waals surface area (Å²) >= 11 is 1.62. The molecule has 26 heavy (non-hydrogen) atoms. The van der Waals surface area contributed by atoms with Gasteiger partial charge in [-0.1, -0.05) is 5.16 Å². The molecule has 8 heteroatoms. The molecule has 1 saturated heterocycles. The molecular weight excluding hydrogens is 352 g/mol. The van der Waals surface area contributed by atoms with Crippen molar-refractivity contribution in [1.29, 1.82) is 0 Å². The number of carbonyl (C=O) groups excluding carboxylic acids is 1. The van der Waals surface area contributed by atoms with Crippen molar-refractivity contribution < 1.29 is 13.7 Å². The van der Waals surface area contributed by atoms with E-state index in [1.807, 2.05) is 37.8 Å². The summed E-state index contributed by atoms with van der Waals surface area (Å²) in [6.07, 6.45) is 2.04. The lowest BCUT2D eigenvalue weighted by atomic mass is 10.1. The molecule has 3 aromatic rings. The van der Waals surface area contributed by atoms with Crippen molar-refractivity contribution in [2.45, 2.75) is 46.1 Å². The summed E-state index contributed by atoms with van der Waals surface area (Å²) in [5.74, 6) is 1.76. The van der Waals surface area contributed by atoms with Gasteiger partial charge < -0.3 is 13.8 Å². The second-order valence-corrected chi connectivity index (χ2v) is 7.87. The molecule has 4 rings (SSSR count). The predicted molar refractivity (Wildman–Crippen MR) is 95.7 cm³/mol. The molecular formula is C18H20N4O3S. The third kappa shape index (κ3) is 3.05. The van der Waals surface area contributed by atoms with Crippen LogP contribution in [0.15, 0.2) is 21.1 Å². The molecule has 0 saturated carbocycles. The lowest BCUT2D eigenvalue weighted by Gasteiger charge is -2.22. The summed E-state index contributed by atoms with van der Waals surface area (Å²) in [5, 5.41) is 12.3. The summed E-state index contributed by atoms with van der Waals surface area (Å²) in [6.45, 7) is 6.42.